The lowest BCUT2D eigenvalue weighted by Crippen LogP contribution is -3.13. The Bertz CT molecular complexity index is 929. The van der Waals surface area contributed by atoms with Gasteiger partial charge in [0.25, 0.3) is 5.91 Å². The Hall–Kier alpha value is -3.00. The van der Waals surface area contributed by atoms with Gasteiger partial charge in [0.2, 0.25) is 12.7 Å². The van der Waals surface area contributed by atoms with E-state index in [-0.39, 0.29) is 17.7 Å². The minimum atomic E-state index is -0.0865. The average Bonchev–Trinajstić information content (AvgIpc) is 3.51. The largest absolute Gasteiger partial charge is 0.459 e. The first-order valence-corrected chi connectivity index (χ1v) is 11.0. The summed E-state index contributed by atoms with van der Waals surface area (Å²) >= 11 is 0. The van der Waals surface area contributed by atoms with Crippen molar-refractivity contribution in [1.82, 2.24) is 9.80 Å². The van der Waals surface area contributed by atoms with Gasteiger partial charge in [-0.25, -0.2) is 0 Å². The van der Waals surface area contributed by atoms with Gasteiger partial charge in [0, 0.05) is 24.6 Å². The molecule has 3 aliphatic heterocycles. The molecule has 0 atom stereocenters. The topological polar surface area (TPSA) is 76.7 Å². The van der Waals surface area contributed by atoms with Crippen LogP contribution in [-0.2, 0) is 11.3 Å². The molecule has 3 aliphatic rings. The number of quaternary nitrogens is 1. The smallest absolute Gasteiger partial charge is 0.289 e. The van der Waals surface area contributed by atoms with E-state index >= 15 is 0 Å². The quantitative estimate of drug-likeness (QED) is 0.782. The van der Waals surface area contributed by atoms with Gasteiger partial charge in [-0.1, -0.05) is 0 Å². The summed E-state index contributed by atoms with van der Waals surface area (Å²) in [4.78, 5) is 30.7. The zero-order valence-corrected chi connectivity index (χ0v) is 17.5. The summed E-state index contributed by atoms with van der Waals surface area (Å²) in [7, 11) is 0. The Labute approximate surface area is 181 Å². The van der Waals surface area contributed by atoms with Crippen LogP contribution < -0.4 is 14.4 Å². The molecule has 0 radical (unpaired) electrons. The van der Waals surface area contributed by atoms with Gasteiger partial charge in [-0.05, 0) is 43.2 Å². The molecular formula is C23H28N3O5+. The lowest BCUT2D eigenvalue weighted by molar-refractivity contribution is -0.917. The zero-order chi connectivity index (χ0) is 21.2. The predicted molar refractivity (Wildman–Crippen MR) is 111 cm³/mol. The summed E-state index contributed by atoms with van der Waals surface area (Å²) in [6.45, 7) is 5.87. The fourth-order valence-corrected chi connectivity index (χ4v) is 4.70. The molecule has 1 aromatic carbocycles. The average molecular weight is 426 g/mol. The number of hydrogen-bond acceptors (Lipinski definition) is 5. The molecule has 2 saturated heterocycles. The van der Waals surface area contributed by atoms with Crippen LogP contribution in [0.1, 0.15) is 29.0 Å². The number of nitrogens with one attached hydrogen (secondary N) is 1. The Balaban J connectivity index is 1.08. The molecule has 164 valence electrons. The maximum absolute atomic E-state index is 13.0. The number of likely N-dealkylation sites (tertiary alicyclic amines) is 1. The second-order valence-electron chi connectivity index (χ2n) is 8.48. The van der Waals surface area contributed by atoms with Crippen molar-refractivity contribution in [3.05, 3.63) is 47.9 Å². The third-order valence-electron chi connectivity index (χ3n) is 6.54. The number of nitrogens with zero attached hydrogens (tertiary/aromatic N) is 2. The number of amides is 2. The van der Waals surface area contributed by atoms with Gasteiger partial charge in [0.15, 0.2) is 17.3 Å². The predicted octanol–water partition coefficient (Wildman–Crippen LogP) is 0.788. The van der Waals surface area contributed by atoms with Crippen molar-refractivity contribution in [3.63, 3.8) is 0 Å². The minimum absolute atomic E-state index is 0.0102. The van der Waals surface area contributed by atoms with Gasteiger partial charge < -0.3 is 28.6 Å². The first-order chi connectivity index (χ1) is 15.2. The maximum Gasteiger partial charge on any atom is 0.289 e. The van der Waals surface area contributed by atoms with E-state index in [1.54, 1.807) is 17.0 Å². The van der Waals surface area contributed by atoms with E-state index < -0.39 is 0 Å². The first-order valence-electron chi connectivity index (χ1n) is 11.0. The molecule has 4 heterocycles. The van der Waals surface area contributed by atoms with Gasteiger partial charge in [-0.2, -0.15) is 0 Å². The fraction of sp³-hybridized carbons (Fsp3) is 0.478. The van der Waals surface area contributed by atoms with Crippen LogP contribution in [0.4, 0.5) is 0 Å². The molecule has 2 amide bonds. The van der Waals surface area contributed by atoms with Crippen LogP contribution in [0, 0.1) is 5.92 Å². The first kappa shape index (κ1) is 19.9. The Kier molecular flexibility index (Phi) is 5.55. The molecule has 8 nitrogen and oxygen atoms in total. The van der Waals surface area contributed by atoms with E-state index in [2.05, 4.69) is 12.1 Å². The Morgan fingerprint density at radius 3 is 2.48 bits per heavy atom. The highest BCUT2D eigenvalue weighted by Gasteiger charge is 2.33. The highest BCUT2D eigenvalue weighted by atomic mass is 16.7. The molecule has 8 heteroatoms. The standard InChI is InChI=1S/C23H27N3O5/c27-22(18-5-7-25(8-6-18)23(28)20-2-1-13-29-20)26-11-9-24(10-12-26)15-17-3-4-19-21(14-17)31-16-30-19/h1-4,13-14,18H,5-12,15-16H2/p+1. The summed E-state index contributed by atoms with van der Waals surface area (Å²) in [5, 5.41) is 0. The van der Waals surface area contributed by atoms with Crippen molar-refractivity contribution in [2.75, 3.05) is 46.1 Å². The third kappa shape index (κ3) is 4.25. The van der Waals surface area contributed by atoms with E-state index in [1.165, 1.54) is 16.7 Å². The molecule has 0 spiro atoms. The van der Waals surface area contributed by atoms with Gasteiger partial charge in [-0.15, -0.1) is 0 Å². The lowest BCUT2D eigenvalue weighted by Gasteiger charge is -2.37. The second kappa shape index (κ2) is 8.63. The van der Waals surface area contributed by atoms with Crippen molar-refractivity contribution < 1.29 is 28.4 Å². The van der Waals surface area contributed by atoms with E-state index in [9.17, 15) is 9.59 Å². The van der Waals surface area contributed by atoms with Gasteiger partial charge in [0.05, 0.1) is 32.4 Å². The normalized spacial score (nSPS) is 19.6. The van der Waals surface area contributed by atoms with Crippen LogP contribution in [0.15, 0.2) is 41.0 Å². The number of furan rings is 1. The van der Waals surface area contributed by atoms with Crippen LogP contribution in [0.25, 0.3) is 0 Å². The van der Waals surface area contributed by atoms with E-state index in [0.717, 1.165) is 57.1 Å². The van der Waals surface area contributed by atoms with Gasteiger partial charge >= 0.3 is 0 Å². The molecule has 31 heavy (non-hydrogen) atoms. The molecule has 2 aromatic rings. The van der Waals surface area contributed by atoms with Gasteiger partial charge in [-0.3, -0.25) is 9.59 Å². The molecule has 0 aliphatic carbocycles. The Morgan fingerprint density at radius 2 is 1.74 bits per heavy atom. The lowest BCUT2D eigenvalue weighted by atomic mass is 9.94. The van der Waals surface area contributed by atoms with Crippen LogP contribution in [-0.4, -0.2) is 67.7 Å². The SMILES string of the molecule is O=C(c1ccco1)N1CCC(C(=O)N2CC[NH+](Cc3ccc4c(c3)OCO4)CC2)CC1. The van der Waals surface area contributed by atoms with Crippen LogP contribution in [0.3, 0.4) is 0 Å². The number of hydrogen-bond donors (Lipinski definition) is 1. The number of rotatable bonds is 4. The van der Waals surface area contributed by atoms with Gasteiger partial charge in [0.1, 0.15) is 6.54 Å². The number of ether oxygens (including phenoxy) is 2. The number of benzene rings is 1. The number of carbonyl (C=O) groups is 2. The highest BCUT2D eigenvalue weighted by molar-refractivity contribution is 5.91. The number of piperidine rings is 1. The highest BCUT2D eigenvalue weighted by Crippen LogP contribution is 2.32. The summed E-state index contributed by atoms with van der Waals surface area (Å²) in [5.41, 5.74) is 1.23. The van der Waals surface area contributed by atoms with Crippen LogP contribution in [0.2, 0.25) is 0 Å². The van der Waals surface area contributed by atoms with Crippen molar-refractivity contribution in [2.24, 2.45) is 5.92 Å². The number of piperazine rings is 1. The molecular weight excluding hydrogens is 398 g/mol. The monoisotopic (exact) mass is 426 g/mol. The molecule has 0 unspecified atom stereocenters. The Morgan fingerprint density at radius 1 is 0.968 bits per heavy atom. The number of carbonyl (C=O) groups excluding carboxylic acids is 2. The van der Waals surface area contributed by atoms with Crippen molar-refractivity contribution in [1.29, 1.82) is 0 Å². The fourth-order valence-electron chi connectivity index (χ4n) is 4.70. The third-order valence-corrected chi connectivity index (χ3v) is 6.54. The zero-order valence-electron chi connectivity index (χ0n) is 17.5. The number of fused-ring (bicyclic) bond motifs is 1. The van der Waals surface area contributed by atoms with Crippen molar-refractivity contribution in [2.45, 2.75) is 19.4 Å². The van der Waals surface area contributed by atoms with Crippen molar-refractivity contribution in [3.8, 4) is 11.5 Å². The summed E-state index contributed by atoms with van der Waals surface area (Å²) in [6, 6.07) is 9.53. The minimum Gasteiger partial charge on any atom is -0.459 e. The molecule has 0 bridgehead atoms. The summed E-state index contributed by atoms with van der Waals surface area (Å²) in [6.07, 6.45) is 2.95. The maximum atomic E-state index is 13.0. The summed E-state index contributed by atoms with van der Waals surface area (Å²) in [5.74, 6) is 2.17. The van der Waals surface area contributed by atoms with Crippen LogP contribution >= 0.6 is 0 Å². The molecule has 0 saturated carbocycles. The second-order valence-corrected chi connectivity index (χ2v) is 8.48. The summed E-state index contributed by atoms with van der Waals surface area (Å²) < 4.78 is 16.1. The molecule has 5 rings (SSSR count). The van der Waals surface area contributed by atoms with E-state index in [0.29, 0.717) is 25.6 Å². The van der Waals surface area contributed by atoms with E-state index in [4.69, 9.17) is 13.9 Å². The molecule has 1 aromatic heterocycles. The molecule has 1 N–H and O–H groups in total. The molecule has 2 fully saturated rings. The van der Waals surface area contributed by atoms with Crippen LogP contribution in [0.5, 0.6) is 11.5 Å². The van der Waals surface area contributed by atoms with E-state index in [1.807, 2.05) is 11.0 Å². The van der Waals surface area contributed by atoms with Crippen molar-refractivity contribution >= 4 is 11.8 Å².